The standard InChI is InChI=1S/C39H68N6O6/c1-13-26(6)35(44(10)39(49)33(24(2)3)42-38(48)34(25(4)5)43(8)9)31(50-11)23-32(46)45-22-14-15-30(45)36(51-12)27(7)37(47)41-21-20-28-16-18-29(40)19-17-28/h16-19,24-27,30-31,33-36H,13-15,20-23,40H2,1-12H3,(H,41,47)(H,42,48)/t26-,27+,30-,31+,33?,34-,35-,36-/m0/s1. The van der Waals surface area contributed by atoms with Crippen LogP contribution in [-0.4, -0.2) is 123 Å². The maximum absolute atomic E-state index is 14.2. The van der Waals surface area contributed by atoms with Crippen molar-refractivity contribution in [3.63, 3.8) is 0 Å². The molecule has 12 heteroatoms. The number of anilines is 1. The van der Waals surface area contributed by atoms with Gasteiger partial charge in [0.15, 0.2) is 0 Å². The van der Waals surface area contributed by atoms with Gasteiger partial charge in [-0.3, -0.25) is 24.1 Å². The predicted octanol–water partition coefficient (Wildman–Crippen LogP) is 3.57. The lowest BCUT2D eigenvalue weighted by atomic mass is 9.89. The van der Waals surface area contributed by atoms with E-state index in [0.29, 0.717) is 25.2 Å². The summed E-state index contributed by atoms with van der Waals surface area (Å²) in [4.78, 5) is 60.3. The van der Waals surface area contributed by atoms with Gasteiger partial charge < -0.3 is 35.6 Å². The first kappa shape index (κ1) is 43.9. The molecule has 290 valence electrons. The number of ether oxygens (including phenoxy) is 2. The second-order valence-electron chi connectivity index (χ2n) is 15.3. The number of amides is 4. The van der Waals surface area contributed by atoms with E-state index in [-0.39, 0.29) is 59.9 Å². The van der Waals surface area contributed by atoms with E-state index in [2.05, 4.69) is 24.5 Å². The van der Waals surface area contributed by atoms with Crippen LogP contribution in [0.15, 0.2) is 24.3 Å². The predicted molar refractivity (Wildman–Crippen MR) is 203 cm³/mol. The Morgan fingerprint density at radius 2 is 1.57 bits per heavy atom. The van der Waals surface area contributed by atoms with E-state index in [9.17, 15) is 19.2 Å². The third-order valence-corrected chi connectivity index (χ3v) is 10.6. The third kappa shape index (κ3) is 11.9. The Kier molecular flexibility index (Phi) is 17.9. The topological polar surface area (TPSA) is 147 Å². The zero-order valence-electron chi connectivity index (χ0n) is 33.4. The zero-order chi connectivity index (χ0) is 38.6. The zero-order valence-corrected chi connectivity index (χ0v) is 33.4. The molecule has 8 atom stereocenters. The van der Waals surface area contributed by atoms with Gasteiger partial charge in [0, 0.05) is 40.0 Å². The Balaban J connectivity index is 2.21. The van der Waals surface area contributed by atoms with Gasteiger partial charge >= 0.3 is 0 Å². The van der Waals surface area contributed by atoms with Gasteiger partial charge in [-0.25, -0.2) is 0 Å². The summed E-state index contributed by atoms with van der Waals surface area (Å²) >= 11 is 0. The third-order valence-electron chi connectivity index (χ3n) is 10.6. The van der Waals surface area contributed by atoms with Crippen LogP contribution in [0.25, 0.3) is 0 Å². The average molecular weight is 717 g/mol. The molecule has 2 rings (SSSR count). The van der Waals surface area contributed by atoms with Crippen LogP contribution in [0.2, 0.25) is 0 Å². The summed E-state index contributed by atoms with van der Waals surface area (Å²) in [5.74, 6) is -1.21. The van der Waals surface area contributed by atoms with Crippen LogP contribution in [0.3, 0.4) is 0 Å². The molecule has 1 aromatic carbocycles. The van der Waals surface area contributed by atoms with Gasteiger partial charge in [-0.05, 0) is 68.8 Å². The maximum atomic E-state index is 14.2. The molecule has 1 heterocycles. The molecule has 51 heavy (non-hydrogen) atoms. The summed E-state index contributed by atoms with van der Waals surface area (Å²) in [5, 5.41) is 6.07. The van der Waals surface area contributed by atoms with E-state index in [1.807, 2.05) is 82.8 Å². The van der Waals surface area contributed by atoms with E-state index in [1.165, 1.54) is 0 Å². The monoisotopic (exact) mass is 717 g/mol. The van der Waals surface area contributed by atoms with Crippen LogP contribution in [-0.2, 0) is 35.1 Å². The van der Waals surface area contributed by atoms with Crippen LogP contribution in [0.4, 0.5) is 5.69 Å². The summed E-state index contributed by atoms with van der Waals surface area (Å²) in [6.45, 7) is 14.8. The molecule has 0 spiro atoms. The van der Waals surface area contributed by atoms with Crippen molar-refractivity contribution in [3.8, 4) is 0 Å². The number of nitrogen functional groups attached to an aromatic ring is 1. The maximum Gasteiger partial charge on any atom is 0.245 e. The van der Waals surface area contributed by atoms with E-state index >= 15 is 0 Å². The van der Waals surface area contributed by atoms with Gasteiger partial charge in [0.1, 0.15) is 6.04 Å². The summed E-state index contributed by atoms with van der Waals surface area (Å²) in [5.41, 5.74) is 7.57. The highest BCUT2D eigenvalue weighted by Gasteiger charge is 2.43. The van der Waals surface area contributed by atoms with E-state index in [4.69, 9.17) is 15.2 Å². The molecule has 1 saturated heterocycles. The average Bonchev–Trinajstić information content (AvgIpc) is 3.56. The van der Waals surface area contributed by atoms with Crippen LogP contribution in [0, 0.1) is 23.7 Å². The number of hydrogen-bond acceptors (Lipinski definition) is 8. The largest absolute Gasteiger partial charge is 0.399 e. The minimum atomic E-state index is -0.743. The number of methoxy groups -OCH3 is 2. The van der Waals surface area contributed by atoms with Crippen LogP contribution < -0.4 is 16.4 Å². The molecule has 0 bridgehead atoms. The number of nitrogens with two attached hydrogens (primary N) is 1. The van der Waals surface area contributed by atoms with Crippen molar-refractivity contribution in [2.45, 2.75) is 117 Å². The number of carbonyl (C=O) groups excluding carboxylic acids is 4. The van der Waals surface area contributed by atoms with Crippen LogP contribution >= 0.6 is 0 Å². The fourth-order valence-corrected chi connectivity index (χ4v) is 7.59. The lowest BCUT2D eigenvalue weighted by molar-refractivity contribution is -0.148. The molecular weight excluding hydrogens is 648 g/mol. The lowest BCUT2D eigenvalue weighted by Crippen LogP contribution is -2.59. The normalized spacial score (nSPS) is 19.0. The first-order valence-electron chi connectivity index (χ1n) is 18.7. The van der Waals surface area contributed by atoms with E-state index < -0.39 is 30.2 Å². The Morgan fingerprint density at radius 1 is 0.941 bits per heavy atom. The minimum Gasteiger partial charge on any atom is -0.399 e. The molecule has 1 unspecified atom stereocenters. The second-order valence-corrected chi connectivity index (χ2v) is 15.3. The molecule has 1 aliphatic rings. The number of carbonyl (C=O) groups is 4. The second kappa shape index (κ2) is 20.7. The van der Waals surface area contributed by atoms with Crippen LogP contribution in [0.1, 0.15) is 79.7 Å². The van der Waals surface area contributed by atoms with Gasteiger partial charge in [-0.2, -0.15) is 0 Å². The lowest BCUT2D eigenvalue weighted by Gasteiger charge is -2.41. The van der Waals surface area contributed by atoms with Crippen molar-refractivity contribution in [1.29, 1.82) is 0 Å². The van der Waals surface area contributed by atoms with Crippen molar-refractivity contribution in [3.05, 3.63) is 29.8 Å². The molecular formula is C39H68N6O6. The van der Waals surface area contributed by atoms with Gasteiger partial charge in [-0.15, -0.1) is 0 Å². The van der Waals surface area contributed by atoms with E-state index in [1.54, 1.807) is 26.2 Å². The van der Waals surface area contributed by atoms with Crippen molar-refractivity contribution in [2.24, 2.45) is 23.7 Å². The van der Waals surface area contributed by atoms with Gasteiger partial charge in [0.05, 0.1) is 42.7 Å². The Morgan fingerprint density at radius 3 is 2.08 bits per heavy atom. The molecule has 1 aliphatic heterocycles. The molecule has 4 amide bonds. The Bertz CT molecular complexity index is 1250. The fraction of sp³-hybridized carbons (Fsp3) is 0.744. The number of rotatable bonds is 20. The van der Waals surface area contributed by atoms with Crippen molar-refractivity contribution < 1.29 is 28.7 Å². The van der Waals surface area contributed by atoms with Crippen molar-refractivity contribution >= 4 is 29.3 Å². The molecule has 1 aromatic rings. The number of likely N-dealkylation sites (N-methyl/N-ethyl adjacent to an activating group) is 2. The molecule has 12 nitrogen and oxygen atoms in total. The SMILES string of the molecule is CC[C@H](C)[C@@H]([C@@H](CC(=O)N1CCC[C@H]1[C@@H](OC)[C@@H](C)C(=O)NCCc1ccc(N)cc1)OC)N(C)C(=O)C(NC(=O)[C@H](C(C)C)N(C)C)C(C)C. The summed E-state index contributed by atoms with van der Waals surface area (Å²) in [6.07, 6.45) is 1.93. The Labute approximate surface area is 307 Å². The molecule has 4 N–H and O–H groups in total. The van der Waals surface area contributed by atoms with Gasteiger partial charge in [0.2, 0.25) is 23.6 Å². The number of likely N-dealkylation sites (tertiary alicyclic amines) is 1. The number of nitrogens with one attached hydrogen (secondary N) is 2. The van der Waals surface area contributed by atoms with Gasteiger partial charge in [-0.1, -0.05) is 67.0 Å². The van der Waals surface area contributed by atoms with Crippen molar-refractivity contribution in [2.75, 3.05) is 54.2 Å². The van der Waals surface area contributed by atoms with Crippen LogP contribution in [0.5, 0.6) is 0 Å². The fourth-order valence-electron chi connectivity index (χ4n) is 7.59. The highest BCUT2D eigenvalue weighted by atomic mass is 16.5. The molecule has 0 aromatic heterocycles. The summed E-state index contributed by atoms with van der Waals surface area (Å²) < 4.78 is 11.9. The van der Waals surface area contributed by atoms with E-state index in [0.717, 1.165) is 24.8 Å². The first-order chi connectivity index (χ1) is 24.0. The smallest absolute Gasteiger partial charge is 0.245 e. The molecule has 0 radical (unpaired) electrons. The Hall–Kier alpha value is -3.22. The summed E-state index contributed by atoms with van der Waals surface area (Å²) in [6, 6.07) is 5.77. The van der Waals surface area contributed by atoms with Gasteiger partial charge in [0.25, 0.3) is 0 Å². The highest BCUT2D eigenvalue weighted by molar-refractivity contribution is 5.90. The molecule has 0 saturated carbocycles. The number of hydrogen-bond donors (Lipinski definition) is 3. The number of nitrogens with zero attached hydrogens (tertiary/aromatic N) is 3. The highest BCUT2D eigenvalue weighted by Crippen LogP contribution is 2.29. The molecule has 1 fully saturated rings. The minimum absolute atomic E-state index is 0.00320. The summed E-state index contributed by atoms with van der Waals surface area (Å²) in [7, 11) is 8.64. The first-order valence-corrected chi connectivity index (χ1v) is 18.7. The number of benzene rings is 1. The molecule has 0 aliphatic carbocycles. The quantitative estimate of drug-likeness (QED) is 0.174. The van der Waals surface area contributed by atoms with Crippen molar-refractivity contribution in [1.82, 2.24) is 25.3 Å².